The molecule has 0 spiro atoms. The molecular formula is C30H38N2O7S. The standard InChI is InChI=1S/C30H38N2O7S/c1-21-7-10-24(40-21)19-31(14-13-22-8-12-26(37-4)28(17-22)39-6)29(33)20-32(15-16-35-2)30(34)25-11-9-23(36-3)18-27(25)38-5/h7-12,17-18H,13-16,19-20H2,1-6H3. The highest BCUT2D eigenvalue weighted by molar-refractivity contribution is 7.11. The van der Waals surface area contributed by atoms with Gasteiger partial charge in [0, 0.05) is 36.0 Å². The van der Waals surface area contributed by atoms with Crippen LogP contribution >= 0.6 is 11.3 Å². The summed E-state index contributed by atoms with van der Waals surface area (Å²) in [5.41, 5.74) is 1.35. The largest absolute Gasteiger partial charge is 0.497 e. The Hall–Kier alpha value is -3.76. The van der Waals surface area contributed by atoms with Gasteiger partial charge in [0.25, 0.3) is 5.91 Å². The maximum Gasteiger partial charge on any atom is 0.258 e. The fourth-order valence-electron chi connectivity index (χ4n) is 4.21. The van der Waals surface area contributed by atoms with Crippen molar-refractivity contribution in [1.82, 2.24) is 9.80 Å². The van der Waals surface area contributed by atoms with Crippen LogP contribution in [0.1, 0.15) is 25.7 Å². The van der Waals surface area contributed by atoms with Gasteiger partial charge in [0.2, 0.25) is 5.91 Å². The first-order valence-corrected chi connectivity index (χ1v) is 13.7. The van der Waals surface area contributed by atoms with Gasteiger partial charge in [-0.15, -0.1) is 11.3 Å². The van der Waals surface area contributed by atoms with Crippen molar-refractivity contribution in [2.45, 2.75) is 19.9 Å². The lowest BCUT2D eigenvalue weighted by atomic mass is 10.1. The SMILES string of the molecule is COCCN(CC(=O)N(CCc1ccc(OC)c(OC)c1)Cc1ccc(C)s1)C(=O)c1ccc(OC)cc1OC. The number of nitrogens with zero attached hydrogens (tertiary/aromatic N) is 2. The van der Waals surface area contributed by atoms with Crippen LogP contribution in [0.4, 0.5) is 0 Å². The lowest BCUT2D eigenvalue weighted by Crippen LogP contribution is -2.44. The summed E-state index contributed by atoms with van der Waals surface area (Å²) in [7, 11) is 7.80. The fourth-order valence-corrected chi connectivity index (χ4v) is 5.12. The minimum Gasteiger partial charge on any atom is -0.497 e. The third-order valence-corrected chi connectivity index (χ3v) is 7.42. The normalized spacial score (nSPS) is 10.7. The molecule has 10 heteroatoms. The summed E-state index contributed by atoms with van der Waals surface area (Å²) in [6.45, 7) is 3.38. The van der Waals surface area contributed by atoms with E-state index in [9.17, 15) is 9.59 Å². The van der Waals surface area contributed by atoms with Crippen LogP contribution in [0.25, 0.3) is 0 Å². The zero-order chi connectivity index (χ0) is 29.1. The Balaban J connectivity index is 1.83. The lowest BCUT2D eigenvalue weighted by molar-refractivity contribution is -0.132. The number of hydrogen-bond donors (Lipinski definition) is 0. The number of methoxy groups -OCH3 is 5. The van der Waals surface area contributed by atoms with Gasteiger partial charge in [-0.2, -0.15) is 0 Å². The molecule has 9 nitrogen and oxygen atoms in total. The van der Waals surface area contributed by atoms with E-state index in [1.54, 1.807) is 62.9 Å². The van der Waals surface area contributed by atoms with Crippen molar-refractivity contribution in [1.29, 1.82) is 0 Å². The van der Waals surface area contributed by atoms with Crippen LogP contribution in [0.2, 0.25) is 0 Å². The van der Waals surface area contributed by atoms with Crippen LogP contribution in [-0.2, 0) is 22.5 Å². The Morgan fingerprint density at radius 2 is 1.52 bits per heavy atom. The van der Waals surface area contributed by atoms with E-state index in [0.29, 0.717) is 48.1 Å². The summed E-state index contributed by atoms with van der Waals surface area (Å²) in [6.07, 6.45) is 0.606. The van der Waals surface area contributed by atoms with E-state index < -0.39 is 0 Å². The molecule has 0 aliphatic rings. The van der Waals surface area contributed by atoms with Crippen LogP contribution < -0.4 is 18.9 Å². The molecule has 40 heavy (non-hydrogen) atoms. The summed E-state index contributed by atoms with van der Waals surface area (Å²) < 4.78 is 26.8. The number of ether oxygens (including phenoxy) is 5. The summed E-state index contributed by atoms with van der Waals surface area (Å²) in [5.74, 6) is 1.74. The van der Waals surface area contributed by atoms with Crippen molar-refractivity contribution < 1.29 is 33.3 Å². The zero-order valence-corrected chi connectivity index (χ0v) is 24.8. The smallest absolute Gasteiger partial charge is 0.258 e. The quantitative estimate of drug-likeness (QED) is 0.267. The van der Waals surface area contributed by atoms with Crippen molar-refractivity contribution in [2.24, 2.45) is 0 Å². The Morgan fingerprint density at radius 1 is 0.775 bits per heavy atom. The van der Waals surface area contributed by atoms with Crippen molar-refractivity contribution >= 4 is 23.2 Å². The molecule has 0 aliphatic heterocycles. The van der Waals surface area contributed by atoms with Gasteiger partial charge >= 0.3 is 0 Å². The Morgan fingerprint density at radius 3 is 2.15 bits per heavy atom. The van der Waals surface area contributed by atoms with Gasteiger partial charge in [0.15, 0.2) is 11.5 Å². The van der Waals surface area contributed by atoms with Crippen molar-refractivity contribution in [3.8, 4) is 23.0 Å². The maximum absolute atomic E-state index is 13.8. The monoisotopic (exact) mass is 570 g/mol. The topological polar surface area (TPSA) is 86.8 Å². The Labute approximate surface area is 240 Å². The molecule has 0 bridgehead atoms. The van der Waals surface area contributed by atoms with Crippen LogP contribution in [-0.4, -0.2) is 83.4 Å². The molecule has 3 aromatic rings. The molecule has 1 aromatic heterocycles. The minimum atomic E-state index is -0.322. The van der Waals surface area contributed by atoms with Crippen LogP contribution in [0.15, 0.2) is 48.5 Å². The van der Waals surface area contributed by atoms with Crippen molar-refractivity contribution in [2.75, 3.05) is 61.8 Å². The number of carbonyl (C=O) groups is 2. The van der Waals surface area contributed by atoms with E-state index in [4.69, 9.17) is 23.7 Å². The molecule has 216 valence electrons. The third-order valence-electron chi connectivity index (χ3n) is 6.43. The number of hydrogen-bond acceptors (Lipinski definition) is 8. The van der Waals surface area contributed by atoms with Crippen LogP contribution in [0.5, 0.6) is 23.0 Å². The average molecular weight is 571 g/mol. The Bertz CT molecular complexity index is 1280. The molecule has 0 fully saturated rings. The van der Waals surface area contributed by atoms with E-state index in [0.717, 1.165) is 10.4 Å². The minimum absolute atomic E-state index is 0.104. The summed E-state index contributed by atoms with van der Waals surface area (Å²) in [6, 6.07) is 14.8. The van der Waals surface area contributed by atoms with Crippen molar-refractivity contribution in [3.05, 3.63) is 69.4 Å². The predicted octanol–water partition coefficient (Wildman–Crippen LogP) is 4.45. The molecule has 0 N–H and O–H groups in total. The van der Waals surface area contributed by atoms with Gasteiger partial charge in [-0.05, 0) is 55.3 Å². The van der Waals surface area contributed by atoms with E-state index in [1.807, 2.05) is 37.3 Å². The van der Waals surface area contributed by atoms with E-state index in [2.05, 4.69) is 0 Å². The summed E-state index contributed by atoms with van der Waals surface area (Å²) in [4.78, 5) is 32.9. The number of benzene rings is 2. The highest BCUT2D eigenvalue weighted by Gasteiger charge is 2.25. The summed E-state index contributed by atoms with van der Waals surface area (Å²) in [5, 5.41) is 0. The van der Waals surface area contributed by atoms with Gasteiger partial charge in [-0.3, -0.25) is 9.59 Å². The molecule has 0 unspecified atom stereocenters. The second kappa shape index (κ2) is 15.1. The lowest BCUT2D eigenvalue weighted by Gasteiger charge is -2.28. The van der Waals surface area contributed by atoms with E-state index in [1.165, 1.54) is 16.9 Å². The second-order valence-corrected chi connectivity index (χ2v) is 10.4. The highest BCUT2D eigenvalue weighted by Crippen LogP contribution is 2.28. The van der Waals surface area contributed by atoms with E-state index in [-0.39, 0.29) is 31.5 Å². The number of rotatable bonds is 15. The molecule has 0 atom stereocenters. The molecule has 3 rings (SSSR count). The van der Waals surface area contributed by atoms with Gasteiger partial charge in [0.1, 0.15) is 18.0 Å². The number of amides is 2. The average Bonchev–Trinajstić information content (AvgIpc) is 3.40. The molecular weight excluding hydrogens is 532 g/mol. The molecule has 0 aliphatic carbocycles. The predicted molar refractivity (Wildman–Crippen MR) is 155 cm³/mol. The number of aryl methyl sites for hydroxylation is 1. The van der Waals surface area contributed by atoms with Gasteiger partial charge < -0.3 is 33.5 Å². The summed E-state index contributed by atoms with van der Waals surface area (Å²) >= 11 is 1.65. The van der Waals surface area contributed by atoms with Gasteiger partial charge in [0.05, 0.1) is 47.2 Å². The molecule has 2 amide bonds. The zero-order valence-electron chi connectivity index (χ0n) is 24.0. The number of carbonyl (C=O) groups excluding carboxylic acids is 2. The van der Waals surface area contributed by atoms with E-state index >= 15 is 0 Å². The molecule has 1 heterocycles. The molecule has 0 saturated carbocycles. The highest BCUT2D eigenvalue weighted by atomic mass is 32.1. The van der Waals surface area contributed by atoms with Crippen LogP contribution in [0, 0.1) is 6.92 Å². The molecule has 0 radical (unpaired) electrons. The van der Waals surface area contributed by atoms with Gasteiger partial charge in [-0.1, -0.05) is 6.07 Å². The fraction of sp³-hybridized carbons (Fsp3) is 0.400. The molecule has 2 aromatic carbocycles. The van der Waals surface area contributed by atoms with Crippen LogP contribution in [0.3, 0.4) is 0 Å². The second-order valence-electron chi connectivity index (χ2n) is 9.05. The number of thiophene rings is 1. The first kappa shape index (κ1) is 30.8. The Kier molecular flexibility index (Phi) is 11.6. The van der Waals surface area contributed by atoms with Gasteiger partial charge in [-0.25, -0.2) is 0 Å². The van der Waals surface area contributed by atoms with Crippen molar-refractivity contribution in [3.63, 3.8) is 0 Å². The maximum atomic E-state index is 13.8. The first-order valence-electron chi connectivity index (χ1n) is 12.9. The first-order chi connectivity index (χ1) is 19.3. The molecule has 0 saturated heterocycles. The third kappa shape index (κ3) is 8.12.